The second-order valence-electron chi connectivity index (χ2n) is 5.71. The molecule has 0 radical (unpaired) electrons. The standard InChI is InChI=1S/C17H11ClF3N3O/c18-12-5-4-9(8-11(12)17(19,20)21)15-23-13-3-1-2-10-14(13)24(15)7-6-22-16(10)25/h1-5,8H,6-7H2,(H,22,25). The third-order valence-corrected chi connectivity index (χ3v) is 4.49. The quantitative estimate of drug-likeness (QED) is 0.705. The van der Waals surface area contributed by atoms with Gasteiger partial charge in [-0.15, -0.1) is 0 Å². The number of hydrogen-bond acceptors (Lipinski definition) is 2. The molecule has 2 aromatic carbocycles. The van der Waals surface area contributed by atoms with Crippen LogP contribution >= 0.6 is 11.6 Å². The van der Waals surface area contributed by atoms with Crippen molar-refractivity contribution >= 4 is 28.5 Å². The molecule has 0 atom stereocenters. The zero-order chi connectivity index (χ0) is 17.8. The van der Waals surface area contributed by atoms with Crippen molar-refractivity contribution in [3.8, 4) is 11.4 Å². The van der Waals surface area contributed by atoms with Gasteiger partial charge in [0.25, 0.3) is 5.91 Å². The van der Waals surface area contributed by atoms with Crippen LogP contribution in [-0.2, 0) is 12.7 Å². The molecule has 1 aliphatic rings. The predicted octanol–water partition coefficient (Wildman–Crippen LogP) is 4.12. The molecule has 2 heterocycles. The van der Waals surface area contributed by atoms with Gasteiger partial charge in [0.1, 0.15) is 5.82 Å². The lowest BCUT2D eigenvalue weighted by Crippen LogP contribution is -2.24. The summed E-state index contributed by atoms with van der Waals surface area (Å²) in [5, 5.41) is 2.41. The topological polar surface area (TPSA) is 46.9 Å². The van der Waals surface area contributed by atoms with Crippen molar-refractivity contribution in [2.75, 3.05) is 6.54 Å². The molecule has 0 saturated carbocycles. The van der Waals surface area contributed by atoms with Crippen molar-refractivity contribution in [2.24, 2.45) is 0 Å². The Morgan fingerprint density at radius 3 is 2.76 bits per heavy atom. The maximum absolute atomic E-state index is 13.2. The molecule has 4 nitrogen and oxygen atoms in total. The van der Waals surface area contributed by atoms with Crippen molar-refractivity contribution in [3.63, 3.8) is 0 Å². The Morgan fingerprint density at radius 2 is 2.00 bits per heavy atom. The van der Waals surface area contributed by atoms with Crippen molar-refractivity contribution < 1.29 is 18.0 Å². The first-order valence-electron chi connectivity index (χ1n) is 7.51. The van der Waals surface area contributed by atoms with Crippen LogP contribution in [0.3, 0.4) is 0 Å². The van der Waals surface area contributed by atoms with Gasteiger partial charge in [0, 0.05) is 18.7 Å². The van der Waals surface area contributed by atoms with Crippen LogP contribution in [0.5, 0.6) is 0 Å². The van der Waals surface area contributed by atoms with Gasteiger partial charge < -0.3 is 9.88 Å². The van der Waals surface area contributed by atoms with Gasteiger partial charge in [-0.2, -0.15) is 13.2 Å². The molecule has 1 aliphatic heterocycles. The third-order valence-electron chi connectivity index (χ3n) is 4.16. The Hall–Kier alpha value is -2.54. The van der Waals surface area contributed by atoms with E-state index in [2.05, 4.69) is 10.3 Å². The number of benzene rings is 2. The number of hydrogen-bond donors (Lipinski definition) is 1. The minimum absolute atomic E-state index is 0.220. The average molecular weight is 366 g/mol. The number of aromatic nitrogens is 2. The lowest BCUT2D eigenvalue weighted by atomic mass is 10.1. The first kappa shape index (κ1) is 16.0. The van der Waals surface area contributed by atoms with E-state index in [-0.39, 0.29) is 10.9 Å². The summed E-state index contributed by atoms with van der Waals surface area (Å²) in [6.45, 7) is 0.782. The van der Waals surface area contributed by atoms with E-state index in [1.54, 1.807) is 22.8 Å². The number of imidazole rings is 1. The zero-order valence-electron chi connectivity index (χ0n) is 12.7. The smallest absolute Gasteiger partial charge is 0.350 e. The van der Waals surface area contributed by atoms with Gasteiger partial charge in [0.2, 0.25) is 0 Å². The van der Waals surface area contributed by atoms with E-state index in [0.29, 0.717) is 41.1 Å². The van der Waals surface area contributed by atoms with Crippen LogP contribution in [0.1, 0.15) is 15.9 Å². The van der Waals surface area contributed by atoms with E-state index < -0.39 is 11.7 Å². The molecule has 0 unspecified atom stereocenters. The molecular weight excluding hydrogens is 355 g/mol. The van der Waals surface area contributed by atoms with Crippen LogP contribution in [0, 0.1) is 0 Å². The van der Waals surface area contributed by atoms with Crippen molar-refractivity contribution in [1.82, 2.24) is 14.9 Å². The molecule has 128 valence electrons. The predicted molar refractivity (Wildman–Crippen MR) is 87.5 cm³/mol. The van der Waals surface area contributed by atoms with E-state index in [9.17, 15) is 18.0 Å². The number of carbonyl (C=O) groups excluding carboxylic acids is 1. The van der Waals surface area contributed by atoms with Crippen molar-refractivity contribution in [1.29, 1.82) is 0 Å². The number of halogens is 4. The minimum Gasteiger partial charge on any atom is -0.350 e. The van der Waals surface area contributed by atoms with Crippen LogP contribution in [0.15, 0.2) is 36.4 Å². The van der Waals surface area contributed by atoms with Gasteiger partial charge in [0.15, 0.2) is 0 Å². The largest absolute Gasteiger partial charge is 0.417 e. The molecule has 1 amide bonds. The minimum atomic E-state index is -4.55. The summed E-state index contributed by atoms with van der Waals surface area (Å²) in [5.41, 5.74) is 1.03. The summed E-state index contributed by atoms with van der Waals surface area (Å²) < 4.78 is 41.2. The fourth-order valence-corrected chi connectivity index (χ4v) is 3.29. The van der Waals surface area contributed by atoms with Gasteiger partial charge in [-0.1, -0.05) is 17.7 Å². The van der Waals surface area contributed by atoms with E-state index in [4.69, 9.17) is 11.6 Å². The summed E-state index contributed by atoms with van der Waals surface area (Å²) in [7, 11) is 0. The highest BCUT2D eigenvalue weighted by molar-refractivity contribution is 6.31. The van der Waals surface area contributed by atoms with Crippen LogP contribution in [0.4, 0.5) is 13.2 Å². The van der Waals surface area contributed by atoms with Crippen LogP contribution < -0.4 is 5.32 Å². The van der Waals surface area contributed by atoms with Gasteiger partial charge in [0.05, 0.1) is 27.2 Å². The van der Waals surface area contributed by atoms with E-state index in [0.717, 1.165) is 6.07 Å². The van der Waals surface area contributed by atoms with Gasteiger partial charge in [-0.3, -0.25) is 4.79 Å². The molecule has 0 spiro atoms. The maximum atomic E-state index is 13.2. The van der Waals surface area contributed by atoms with E-state index in [1.165, 1.54) is 12.1 Å². The molecule has 3 aromatic rings. The van der Waals surface area contributed by atoms with E-state index in [1.807, 2.05) is 0 Å². The molecular formula is C17H11ClF3N3O. The number of amides is 1. The molecule has 0 saturated heterocycles. The first-order chi connectivity index (χ1) is 11.9. The van der Waals surface area contributed by atoms with Gasteiger partial charge in [-0.25, -0.2) is 4.98 Å². The van der Waals surface area contributed by atoms with E-state index >= 15 is 0 Å². The Bertz CT molecular complexity index is 1010. The second-order valence-corrected chi connectivity index (χ2v) is 6.12. The second kappa shape index (κ2) is 5.49. The number of carbonyl (C=O) groups is 1. The molecule has 1 aromatic heterocycles. The summed E-state index contributed by atoms with van der Waals surface area (Å²) in [6.07, 6.45) is -4.55. The maximum Gasteiger partial charge on any atom is 0.417 e. The number of rotatable bonds is 1. The number of nitrogens with one attached hydrogen (secondary N) is 1. The third kappa shape index (κ3) is 2.55. The van der Waals surface area contributed by atoms with Crippen LogP contribution in [0.25, 0.3) is 22.4 Å². The van der Waals surface area contributed by atoms with Crippen LogP contribution in [0.2, 0.25) is 5.02 Å². The number of nitrogens with zero attached hydrogens (tertiary/aromatic N) is 2. The highest BCUT2D eigenvalue weighted by Gasteiger charge is 2.34. The molecule has 1 N–H and O–H groups in total. The Balaban J connectivity index is 1.98. The zero-order valence-corrected chi connectivity index (χ0v) is 13.4. The summed E-state index contributed by atoms with van der Waals surface area (Å²) in [5.74, 6) is 0.156. The SMILES string of the molecule is O=C1NCCn2c(-c3ccc(Cl)c(C(F)(F)F)c3)nc3cccc1c32. The highest BCUT2D eigenvalue weighted by Crippen LogP contribution is 2.38. The Kier molecular flexibility index (Phi) is 3.50. The van der Waals surface area contributed by atoms with Crippen molar-refractivity contribution in [2.45, 2.75) is 12.7 Å². The summed E-state index contributed by atoms with van der Waals surface area (Å²) in [6, 6.07) is 8.82. The molecule has 0 bridgehead atoms. The van der Waals surface area contributed by atoms with Crippen LogP contribution in [-0.4, -0.2) is 22.0 Å². The first-order valence-corrected chi connectivity index (χ1v) is 7.88. The average Bonchev–Trinajstić information content (AvgIpc) is 2.83. The summed E-state index contributed by atoms with van der Waals surface area (Å²) in [4.78, 5) is 16.6. The monoisotopic (exact) mass is 365 g/mol. The van der Waals surface area contributed by atoms with Gasteiger partial charge >= 0.3 is 6.18 Å². The number of para-hydroxylation sites is 1. The lowest BCUT2D eigenvalue weighted by molar-refractivity contribution is -0.137. The number of alkyl halides is 3. The lowest BCUT2D eigenvalue weighted by Gasteiger charge is -2.12. The van der Waals surface area contributed by atoms with Crippen molar-refractivity contribution in [3.05, 3.63) is 52.5 Å². The van der Waals surface area contributed by atoms with Gasteiger partial charge in [-0.05, 0) is 30.3 Å². The molecule has 4 rings (SSSR count). The Morgan fingerprint density at radius 1 is 1.20 bits per heavy atom. The molecule has 0 fully saturated rings. The molecule has 8 heteroatoms. The highest BCUT2D eigenvalue weighted by atomic mass is 35.5. The fraction of sp³-hybridized carbons (Fsp3) is 0.176. The fourth-order valence-electron chi connectivity index (χ4n) is 3.06. The summed E-state index contributed by atoms with van der Waals surface area (Å²) >= 11 is 5.70. The normalized spacial score (nSPS) is 14.5. The molecule has 25 heavy (non-hydrogen) atoms. The Labute approximate surface area is 145 Å². The molecule has 0 aliphatic carbocycles.